The van der Waals surface area contributed by atoms with Crippen LogP contribution < -0.4 is 11.5 Å². The van der Waals surface area contributed by atoms with Crippen LogP contribution in [-0.4, -0.2) is 5.91 Å². The number of amides is 1. The number of hydrogen-bond acceptors (Lipinski definition) is 2. The van der Waals surface area contributed by atoms with Gasteiger partial charge in [0.05, 0.1) is 0 Å². The molecule has 0 saturated carbocycles. The smallest absolute Gasteiger partial charge is 0.241 e. The molecular formula is C9H10N2O. The lowest BCUT2D eigenvalue weighted by molar-refractivity contribution is -0.113. The molecule has 1 amide bonds. The summed E-state index contributed by atoms with van der Waals surface area (Å²) in [7, 11) is 0. The van der Waals surface area contributed by atoms with Crippen LogP contribution in [0.5, 0.6) is 0 Å². The molecule has 0 spiro atoms. The van der Waals surface area contributed by atoms with E-state index < -0.39 is 5.91 Å². The van der Waals surface area contributed by atoms with Crippen LogP contribution in [0.3, 0.4) is 0 Å². The standard InChI is InChI=1S/C9H10N2O/c10-8-4-2-1-3-7(8)5-6-9(11)12/h1-6H,10H2,(H2,11,12)/b6-5-. The lowest BCUT2D eigenvalue weighted by Crippen LogP contribution is -2.05. The summed E-state index contributed by atoms with van der Waals surface area (Å²) < 4.78 is 0. The van der Waals surface area contributed by atoms with Crippen molar-refractivity contribution in [2.75, 3.05) is 5.73 Å². The summed E-state index contributed by atoms with van der Waals surface area (Å²) in [5, 5.41) is 0. The zero-order valence-electron chi connectivity index (χ0n) is 6.53. The van der Waals surface area contributed by atoms with E-state index in [4.69, 9.17) is 11.5 Å². The highest BCUT2D eigenvalue weighted by molar-refractivity contribution is 5.91. The van der Waals surface area contributed by atoms with E-state index in [9.17, 15) is 4.79 Å². The Morgan fingerprint density at radius 2 is 2.00 bits per heavy atom. The number of benzene rings is 1. The second-order valence-corrected chi connectivity index (χ2v) is 2.36. The summed E-state index contributed by atoms with van der Waals surface area (Å²) >= 11 is 0. The van der Waals surface area contributed by atoms with Gasteiger partial charge in [0.15, 0.2) is 0 Å². The van der Waals surface area contributed by atoms with E-state index in [0.717, 1.165) is 5.56 Å². The molecule has 0 fully saturated rings. The number of rotatable bonds is 2. The molecule has 0 aliphatic carbocycles. The van der Waals surface area contributed by atoms with Gasteiger partial charge in [0.1, 0.15) is 0 Å². The molecule has 3 heteroatoms. The Morgan fingerprint density at radius 1 is 1.33 bits per heavy atom. The van der Waals surface area contributed by atoms with Gasteiger partial charge >= 0.3 is 0 Å². The molecular weight excluding hydrogens is 152 g/mol. The largest absolute Gasteiger partial charge is 0.398 e. The SMILES string of the molecule is NC(=O)/C=C\c1ccccc1N. The Balaban J connectivity index is 2.89. The van der Waals surface area contributed by atoms with Crippen LogP contribution in [0.2, 0.25) is 0 Å². The van der Waals surface area contributed by atoms with Gasteiger partial charge < -0.3 is 11.5 Å². The highest BCUT2D eigenvalue weighted by Gasteiger charge is 1.91. The first-order valence-electron chi connectivity index (χ1n) is 3.52. The Hall–Kier alpha value is -1.77. The van der Waals surface area contributed by atoms with Crippen molar-refractivity contribution in [3.63, 3.8) is 0 Å². The van der Waals surface area contributed by atoms with Crippen molar-refractivity contribution in [1.82, 2.24) is 0 Å². The van der Waals surface area contributed by atoms with Crippen molar-refractivity contribution in [2.45, 2.75) is 0 Å². The number of nitrogen functional groups attached to an aromatic ring is 1. The van der Waals surface area contributed by atoms with Crippen molar-refractivity contribution < 1.29 is 4.79 Å². The van der Waals surface area contributed by atoms with Gasteiger partial charge in [-0.05, 0) is 17.7 Å². The van der Waals surface area contributed by atoms with Crippen LogP contribution in [-0.2, 0) is 4.79 Å². The Kier molecular flexibility index (Phi) is 2.48. The normalized spacial score (nSPS) is 10.3. The predicted octanol–water partition coefficient (Wildman–Crippen LogP) is 0.767. The van der Waals surface area contributed by atoms with E-state index in [1.807, 2.05) is 18.2 Å². The highest BCUT2D eigenvalue weighted by atomic mass is 16.1. The minimum atomic E-state index is -0.474. The van der Waals surface area contributed by atoms with Crippen LogP contribution in [0.1, 0.15) is 5.56 Å². The molecule has 0 radical (unpaired) electrons. The highest BCUT2D eigenvalue weighted by Crippen LogP contribution is 2.11. The summed E-state index contributed by atoms with van der Waals surface area (Å²) in [6.45, 7) is 0. The number of hydrogen-bond donors (Lipinski definition) is 2. The van der Waals surface area contributed by atoms with Crippen molar-refractivity contribution in [2.24, 2.45) is 5.73 Å². The second-order valence-electron chi connectivity index (χ2n) is 2.36. The molecule has 62 valence electrons. The Morgan fingerprint density at radius 3 is 2.58 bits per heavy atom. The van der Waals surface area contributed by atoms with Crippen molar-refractivity contribution >= 4 is 17.7 Å². The van der Waals surface area contributed by atoms with Crippen LogP contribution in [0, 0.1) is 0 Å². The molecule has 12 heavy (non-hydrogen) atoms. The first-order chi connectivity index (χ1) is 5.70. The van der Waals surface area contributed by atoms with Crippen molar-refractivity contribution in [3.8, 4) is 0 Å². The number of anilines is 1. The van der Waals surface area contributed by atoms with E-state index in [2.05, 4.69) is 0 Å². The molecule has 1 aromatic rings. The lowest BCUT2D eigenvalue weighted by atomic mass is 10.2. The lowest BCUT2D eigenvalue weighted by Gasteiger charge is -1.96. The minimum Gasteiger partial charge on any atom is -0.398 e. The molecule has 1 aromatic carbocycles. The van der Waals surface area contributed by atoms with Gasteiger partial charge in [-0.2, -0.15) is 0 Å². The third-order valence-corrected chi connectivity index (χ3v) is 1.42. The van der Waals surface area contributed by atoms with Crippen molar-refractivity contribution in [3.05, 3.63) is 35.9 Å². The molecule has 4 N–H and O–H groups in total. The maximum atomic E-state index is 10.4. The van der Waals surface area contributed by atoms with Crippen LogP contribution in [0.4, 0.5) is 5.69 Å². The predicted molar refractivity (Wildman–Crippen MR) is 49.1 cm³/mol. The van der Waals surface area contributed by atoms with E-state index in [0.29, 0.717) is 5.69 Å². The molecule has 0 aliphatic rings. The summed E-state index contributed by atoms with van der Waals surface area (Å²) in [4.78, 5) is 10.4. The van der Waals surface area contributed by atoms with Gasteiger partial charge in [0.25, 0.3) is 0 Å². The number of carbonyl (C=O) groups is 1. The van der Waals surface area contributed by atoms with Crippen LogP contribution in [0.15, 0.2) is 30.3 Å². The molecule has 1 rings (SSSR count). The zero-order valence-corrected chi connectivity index (χ0v) is 6.53. The minimum absolute atomic E-state index is 0.474. The Labute approximate surface area is 70.7 Å². The van der Waals surface area contributed by atoms with E-state index >= 15 is 0 Å². The maximum absolute atomic E-state index is 10.4. The van der Waals surface area contributed by atoms with E-state index in [1.54, 1.807) is 12.1 Å². The van der Waals surface area contributed by atoms with E-state index in [-0.39, 0.29) is 0 Å². The molecule has 0 unspecified atom stereocenters. The fourth-order valence-electron chi connectivity index (χ4n) is 0.835. The average molecular weight is 162 g/mol. The van der Waals surface area contributed by atoms with Gasteiger partial charge in [-0.3, -0.25) is 4.79 Å². The van der Waals surface area contributed by atoms with Gasteiger partial charge in [-0.15, -0.1) is 0 Å². The summed E-state index contributed by atoms with van der Waals surface area (Å²) in [6, 6.07) is 7.25. The van der Waals surface area contributed by atoms with Crippen LogP contribution in [0.25, 0.3) is 6.08 Å². The number of nitrogens with two attached hydrogens (primary N) is 2. The molecule has 0 saturated heterocycles. The third kappa shape index (κ3) is 2.12. The summed E-state index contributed by atoms with van der Waals surface area (Å²) in [6.07, 6.45) is 2.88. The first kappa shape index (κ1) is 8.33. The topological polar surface area (TPSA) is 69.1 Å². The number of carbonyl (C=O) groups excluding carboxylic acids is 1. The Bertz CT molecular complexity index is 318. The quantitative estimate of drug-likeness (QED) is 0.498. The van der Waals surface area contributed by atoms with E-state index in [1.165, 1.54) is 6.08 Å². The number of para-hydroxylation sites is 1. The fraction of sp³-hybridized carbons (Fsp3) is 0. The van der Waals surface area contributed by atoms with Crippen molar-refractivity contribution in [1.29, 1.82) is 0 Å². The molecule has 3 nitrogen and oxygen atoms in total. The second kappa shape index (κ2) is 3.57. The van der Waals surface area contributed by atoms with Gasteiger partial charge in [-0.1, -0.05) is 18.2 Å². The average Bonchev–Trinajstić information content (AvgIpc) is 2.03. The summed E-state index contributed by atoms with van der Waals surface area (Å²) in [5.41, 5.74) is 12.0. The fourth-order valence-corrected chi connectivity index (χ4v) is 0.835. The summed E-state index contributed by atoms with van der Waals surface area (Å²) in [5.74, 6) is -0.474. The molecule has 0 aliphatic heterocycles. The molecule has 0 heterocycles. The molecule has 0 bridgehead atoms. The number of primary amides is 1. The van der Waals surface area contributed by atoms with Gasteiger partial charge in [-0.25, -0.2) is 0 Å². The molecule has 0 atom stereocenters. The third-order valence-electron chi connectivity index (χ3n) is 1.42. The first-order valence-corrected chi connectivity index (χ1v) is 3.52. The monoisotopic (exact) mass is 162 g/mol. The van der Waals surface area contributed by atoms with Crippen LogP contribution >= 0.6 is 0 Å². The van der Waals surface area contributed by atoms with Gasteiger partial charge in [0, 0.05) is 11.8 Å². The maximum Gasteiger partial charge on any atom is 0.241 e. The molecule has 0 aromatic heterocycles. The zero-order chi connectivity index (χ0) is 8.97. The van der Waals surface area contributed by atoms with Gasteiger partial charge in [0.2, 0.25) is 5.91 Å².